The molecule has 0 bridgehead atoms. The first-order valence-electron chi connectivity index (χ1n) is 7.21. The van der Waals surface area contributed by atoms with Gasteiger partial charge in [-0.2, -0.15) is 0 Å². The standard InChI is InChI=1S/C14H25N5OS/c1-5-7-16-13(20)6-8-17-14(15-4)18-9-12-10(2)19-11(3)21-12/h5-9H2,1-4H3,(H,16,20)(H2,15,17,18). The number of amides is 1. The molecule has 7 heteroatoms. The number of aryl methyl sites for hydroxylation is 2. The number of nitrogens with one attached hydrogen (secondary N) is 3. The largest absolute Gasteiger partial charge is 0.356 e. The van der Waals surface area contributed by atoms with E-state index in [9.17, 15) is 4.79 Å². The zero-order chi connectivity index (χ0) is 15.7. The van der Waals surface area contributed by atoms with Crippen LogP contribution in [-0.2, 0) is 11.3 Å². The molecule has 1 aromatic heterocycles. The van der Waals surface area contributed by atoms with Crippen LogP contribution in [0.3, 0.4) is 0 Å². The van der Waals surface area contributed by atoms with E-state index >= 15 is 0 Å². The SMILES string of the molecule is CCCNC(=O)CCNC(=NC)NCc1sc(C)nc1C. The second-order valence-corrected chi connectivity index (χ2v) is 5.98. The normalized spacial score (nSPS) is 11.3. The van der Waals surface area contributed by atoms with Crippen LogP contribution in [0.2, 0.25) is 0 Å². The van der Waals surface area contributed by atoms with Gasteiger partial charge in [-0.15, -0.1) is 11.3 Å². The highest BCUT2D eigenvalue weighted by Crippen LogP contribution is 2.16. The summed E-state index contributed by atoms with van der Waals surface area (Å²) in [7, 11) is 1.72. The van der Waals surface area contributed by atoms with Gasteiger partial charge in [0, 0.05) is 31.4 Å². The molecule has 0 atom stereocenters. The molecule has 0 saturated heterocycles. The molecule has 6 nitrogen and oxygen atoms in total. The van der Waals surface area contributed by atoms with E-state index in [4.69, 9.17) is 0 Å². The molecule has 1 rings (SSSR count). The van der Waals surface area contributed by atoms with Crippen molar-refractivity contribution >= 4 is 23.2 Å². The van der Waals surface area contributed by atoms with E-state index in [1.165, 1.54) is 4.88 Å². The third kappa shape index (κ3) is 6.57. The first-order chi connectivity index (χ1) is 10.1. The fourth-order valence-corrected chi connectivity index (χ4v) is 2.65. The summed E-state index contributed by atoms with van der Waals surface area (Å²) < 4.78 is 0. The molecule has 3 N–H and O–H groups in total. The van der Waals surface area contributed by atoms with Gasteiger partial charge in [-0.25, -0.2) is 4.98 Å². The number of hydrogen-bond donors (Lipinski definition) is 3. The quantitative estimate of drug-likeness (QED) is 0.524. The monoisotopic (exact) mass is 311 g/mol. The summed E-state index contributed by atoms with van der Waals surface area (Å²) in [5.74, 6) is 0.762. The Balaban J connectivity index is 2.29. The number of nitrogens with zero attached hydrogens (tertiary/aromatic N) is 2. The number of carbonyl (C=O) groups is 1. The van der Waals surface area contributed by atoms with Crippen molar-refractivity contribution in [1.29, 1.82) is 0 Å². The molecule has 0 radical (unpaired) electrons. The van der Waals surface area contributed by atoms with E-state index in [1.807, 2.05) is 20.8 Å². The molecule has 0 unspecified atom stereocenters. The number of hydrogen-bond acceptors (Lipinski definition) is 4. The lowest BCUT2D eigenvalue weighted by atomic mass is 10.3. The van der Waals surface area contributed by atoms with Crippen LogP contribution in [0.4, 0.5) is 0 Å². The van der Waals surface area contributed by atoms with Gasteiger partial charge in [-0.3, -0.25) is 9.79 Å². The zero-order valence-corrected chi connectivity index (χ0v) is 14.1. The Bertz CT molecular complexity index is 484. The van der Waals surface area contributed by atoms with Crippen LogP contribution in [0.15, 0.2) is 4.99 Å². The Morgan fingerprint density at radius 2 is 2.00 bits per heavy atom. The highest BCUT2D eigenvalue weighted by Gasteiger charge is 2.06. The van der Waals surface area contributed by atoms with Crippen molar-refractivity contribution in [2.75, 3.05) is 20.1 Å². The van der Waals surface area contributed by atoms with Gasteiger partial charge in [-0.05, 0) is 20.3 Å². The van der Waals surface area contributed by atoms with Crippen LogP contribution in [0.5, 0.6) is 0 Å². The minimum Gasteiger partial charge on any atom is -0.356 e. The Morgan fingerprint density at radius 3 is 2.57 bits per heavy atom. The summed E-state index contributed by atoms with van der Waals surface area (Å²) in [5, 5.41) is 10.3. The number of guanidine groups is 1. The first-order valence-corrected chi connectivity index (χ1v) is 8.02. The summed E-state index contributed by atoms with van der Waals surface area (Å²) in [4.78, 5) is 21.2. The summed E-state index contributed by atoms with van der Waals surface area (Å²) in [6.07, 6.45) is 1.40. The number of aromatic nitrogens is 1. The molecule has 0 aliphatic carbocycles. The van der Waals surface area contributed by atoms with Gasteiger partial charge in [-0.1, -0.05) is 6.92 Å². The molecule has 0 aliphatic heterocycles. The minimum atomic E-state index is 0.0636. The van der Waals surface area contributed by atoms with Gasteiger partial charge < -0.3 is 16.0 Å². The maximum atomic E-state index is 11.5. The highest BCUT2D eigenvalue weighted by molar-refractivity contribution is 7.11. The molecular weight excluding hydrogens is 286 g/mol. The van der Waals surface area contributed by atoms with E-state index in [-0.39, 0.29) is 5.91 Å². The molecule has 1 amide bonds. The Labute approximate surface area is 130 Å². The van der Waals surface area contributed by atoms with Crippen molar-refractivity contribution < 1.29 is 4.79 Å². The number of carbonyl (C=O) groups excluding carboxylic acids is 1. The van der Waals surface area contributed by atoms with Gasteiger partial charge in [0.05, 0.1) is 17.2 Å². The second kappa shape index (κ2) is 9.33. The average Bonchev–Trinajstić information content (AvgIpc) is 2.78. The van der Waals surface area contributed by atoms with E-state index in [0.29, 0.717) is 25.5 Å². The summed E-state index contributed by atoms with van der Waals surface area (Å²) >= 11 is 1.68. The third-order valence-corrected chi connectivity index (χ3v) is 3.93. The van der Waals surface area contributed by atoms with Gasteiger partial charge in [0.15, 0.2) is 5.96 Å². The van der Waals surface area contributed by atoms with Crippen LogP contribution in [-0.4, -0.2) is 37.0 Å². The number of aliphatic imine (C=N–C) groups is 1. The van der Waals surface area contributed by atoms with Crippen LogP contribution in [0.1, 0.15) is 35.3 Å². The van der Waals surface area contributed by atoms with Crippen molar-refractivity contribution in [3.63, 3.8) is 0 Å². The van der Waals surface area contributed by atoms with E-state index in [2.05, 4.69) is 25.9 Å². The molecule has 0 spiro atoms. The molecule has 0 fully saturated rings. The Hall–Kier alpha value is -1.63. The van der Waals surface area contributed by atoms with Crippen LogP contribution in [0, 0.1) is 13.8 Å². The van der Waals surface area contributed by atoms with Crippen LogP contribution in [0.25, 0.3) is 0 Å². The molecule has 118 valence electrons. The Kier molecular flexibility index (Phi) is 7.74. The molecule has 1 aromatic rings. The molecule has 1 heterocycles. The van der Waals surface area contributed by atoms with E-state index in [1.54, 1.807) is 18.4 Å². The van der Waals surface area contributed by atoms with Crippen LogP contribution < -0.4 is 16.0 Å². The minimum absolute atomic E-state index is 0.0636. The topological polar surface area (TPSA) is 78.4 Å². The van der Waals surface area contributed by atoms with Gasteiger partial charge in [0.25, 0.3) is 0 Å². The summed E-state index contributed by atoms with van der Waals surface area (Å²) in [6.45, 7) is 8.04. The van der Waals surface area contributed by atoms with Crippen molar-refractivity contribution in [2.45, 2.75) is 40.2 Å². The van der Waals surface area contributed by atoms with Crippen molar-refractivity contribution in [3.05, 3.63) is 15.6 Å². The predicted molar refractivity (Wildman–Crippen MR) is 87.7 cm³/mol. The lowest BCUT2D eigenvalue weighted by molar-refractivity contribution is -0.120. The second-order valence-electron chi connectivity index (χ2n) is 4.69. The maximum absolute atomic E-state index is 11.5. The fraction of sp³-hybridized carbons (Fsp3) is 0.643. The van der Waals surface area contributed by atoms with Gasteiger partial charge in [0.2, 0.25) is 5.91 Å². The maximum Gasteiger partial charge on any atom is 0.221 e. The van der Waals surface area contributed by atoms with Crippen LogP contribution >= 0.6 is 11.3 Å². The van der Waals surface area contributed by atoms with Crippen molar-refractivity contribution in [3.8, 4) is 0 Å². The lowest BCUT2D eigenvalue weighted by Crippen LogP contribution is -2.39. The Morgan fingerprint density at radius 1 is 1.24 bits per heavy atom. The van der Waals surface area contributed by atoms with E-state index in [0.717, 1.165) is 23.7 Å². The third-order valence-electron chi connectivity index (χ3n) is 2.86. The molecule has 0 aromatic carbocycles. The zero-order valence-electron chi connectivity index (χ0n) is 13.2. The molecule has 0 saturated carbocycles. The predicted octanol–water partition coefficient (Wildman–Crippen LogP) is 1.34. The van der Waals surface area contributed by atoms with Crippen molar-refractivity contribution in [2.24, 2.45) is 4.99 Å². The van der Waals surface area contributed by atoms with E-state index < -0.39 is 0 Å². The molecule has 0 aliphatic rings. The number of rotatable bonds is 7. The summed E-state index contributed by atoms with van der Waals surface area (Å²) in [6, 6.07) is 0. The van der Waals surface area contributed by atoms with Gasteiger partial charge >= 0.3 is 0 Å². The lowest BCUT2D eigenvalue weighted by Gasteiger charge is -2.11. The summed E-state index contributed by atoms with van der Waals surface area (Å²) in [5.41, 5.74) is 1.05. The smallest absolute Gasteiger partial charge is 0.221 e. The average molecular weight is 311 g/mol. The number of thiazole rings is 1. The highest BCUT2D eigenvalue weighted by atomic mass is 32.1. The van der Waals surface area contributed by atoms with Crippen molar-refractivity contribution in [1.82, 2.24) is 20.9 Å². The molecule has 21 heavy (non-hydrogen) atoms. The first kappa shape index (κ1) is 17.4. The van der Waals surface area contributed by atoms with Gasteiger partial charge in [0.1, 0.15) is 0 Å². The molecular formula is C14H25N5OS. The fourth-order valence-electron chi connectivity index (χ4n) is 1.77.